The maximum absolute atomic E-state index is 5.30. The Morgan fingerprint density at radius 3 is 1.51 bits per heavy atom. The molecule has 0 aliphatic heterocycles. The van der Waals surface area contributed by atoms with Gasteiger partial charge in [-0.05, 0) is 73.5 Å². The Kier molecular flexibility index (Phi) is 6.93. The number of nitrogens with zero attached hydrogens (tertiary/aromatic N) is 3. The Morgan fingerprint density at radius 2 is 0.789 bits per heavy atom. The zero-order chi connectivity index (χ0) is 37.5. The van der Waals surface area contributed by atoms with E-state index < -0.39 is 0 Å². The molecule has 0 radical (unpaired) electrons. The topological polar surface area (TPSA) is 30.7 Å². The second-order valence-corrected chi connectivity index (χ2v) is 14.9. The minimum absolute atomic E-state index is 0.862. The van der Waals surface area contributed by atoms with Crippen LogP contribution in [-0.2, 0) is 0 Å². The van der Waals surface area contributed by atoms with Crippen molar-refractivity contribution in [3.63, 3.8) is 0 Å². The third-order valence-corrected chi connectivity index (χ3v) is 11.8. The standard InChI is InChI=1S/C54H33N3/c1-2-17-38-37(16-1)36(34-14-11-15-35(32-34)49-33-55-53-47-22-5-3-18-41(47)42-19-4-6-23-48(42)54(53)56-49)30-31-43(38)39-24-12-26-44-40(39)25-13-29-52(44)57-50-27-9-7-20-45(50)46-21-8-10-28-51(46)57/h1-33H. The summed E-state index contributed by atoms with van der Waals surface area (Å²) in [5.74, 6) is 0. The first kappa shape index (κ1) is 31.7. The van der Waals surface area contributed by atoms with Crippen LogP contribution in [0.4, 0.5) is 0 Å². The van der Waals surface area contributed by atoms with Crippen LogP contribution >= 0.6 is 0 Å². The van der Waals surface area contributed by atoms with Gasteiger partial charge in [0.25, 0.3) is 0 Å². The highest BCUT2D eigenvalue weighted by atomic mass is 15.0. The molecule has 0 amide bonds. The van der Waals surface area contributed by atoms with Crippen LogP contribution in [0.1, 0.15) is 0 Å². The number of aromatic nitrogens is 3. The van der Waals surface area contributed by atoms with Crippen LogP contribution in [0.15, 0.2) is 200 Å². The lowest BCUT2D eigenvalue weighted by molar-refractivity contribution is 1.20. The molecule has 264 valence electrons. The van der Waals surface area contributed by atoms with Gasteiger partial charge in [0.2, 0.25) is 0 Å². The molecule has 0 saturated carbocycles. The summed E-state index contributed by atoms with van der Waals surface area (Å²) in [6, 6.07) is 70.1. The third-order valence-electron chi connectivity index (χ3n) is 11.8. The van der Waals surface area contributed by atoms with Crippen molar-refractivity contribution in [3.8, 4) is 39.2 Å². The predicted octanol–water partition coefficient (Wildman–Crippen LogP) is 14.3. The van der Waals surface area contributed by atoms with Crippen molar-refractivity contribution in [1.82, 2.24) is 14.5 Å². The molecule has 12 aromatic rings. The fraction of sp³-hybridized carbons (Fsp3) is 0. The zero-order valence-electron chi connectivity index (χ0n) is 30.9. The predicted molar refractivity (Wildman–Crippen MR) is 240 cm³/mol. The summed E-state index contributed by atoms with van der Waals surface area (Å²) in [6.07, 6.45) is 1.93. The smallest absolute Gasteiger partial charge is 0.0979 e. The molecule has 2 aromatic heterocycles. The average Bonchev–Trinajstić information content (AvgIpc) is 3.62. The maximum Gasteiger partial charge on any atom is 0.0979 e. The van der Waals surface area contributed by atoms with Crippen LogP contribution in [-0.4, -0.2) is 14.5 Å². The third kappa shape index (κ3) is 4.79. The van der Waals surface area contributed by atoms with Gasteiger partial charge < -0.3 is 4.57 Å². The molecule has 0 N–H and O–H groups in total. The number of hydrogen-bond acceptors (Lipinski definition) is 2. The van der Waals surface area contributed by atoms with Crippen molar-refractivity contribution < 1.29 is 0 Å². The fourth-order valence-electron chi connectivity index (χ4n) is 9.30. The number of benzene rings is 10. The van der Waals surface area contributed by atoms with Crippen molar-refractivity contribution in [2.24, 2.45) is 0 Å². The highest BCUT2D eigenvalue weighted by Crippen LogP contribution is 2.42. The van der Waals surface area contributed by atoms with Gasteiger partial charge >= 0.3 is 0 Å². The molecule has 12 rings (SSSR count). The SMILES string of the molecule is c1cc(-c2cnc3c4ccccc4c4ccccc4c3n2)cc(-c2ccc(-c3cccc4c(-n5c6ccccc6c6ccccc65)cccc34)c3ccccc23)c1. The van der Waals surface area contributed by atoms with Crippen molar-refractivity contribution in [1.29, 1.82) is 0 Å². The Labute approximate surface area is 328 Å². The van der Waals surface area contributed by atoms with E-state index in [1.54, 1.807) is 0 Å². The summed E-state index contributed by atoms with van der Waals surface area (Å²) in [4.78, 5) is 10.3. The summed E-state index contributed by atoms with van der Waals surface area (Å²) < 4.78 is 2.43. The molecule has 0 bridgehead atoms. The lowest BCUT2D eigenvalue weighted by Gasteiger charge is -2.16. The number of rotatable bonds is 4. The van der Waals surface area contributed by atoms with Gasteiger partial charge in [0.15, 0.2) is 0 Å². The Hall–Kier alpha value is -7.62. The van der Waals surface area contributed by atoms with Gasteiger partial charge in [-0.15, -0.1) is 0 Å². The maximum atomic E-state index is 5.30. The average molecular weight is 724 g/mol. The van der Waals surface area contributed by atoms with Gasteiger partial charge in [-0.1, -0.05) is 170 Å². The van der Waals surface area contributed by atoms with Crippen LogP contribution in [0.2, 0.25) is 0 Å². The molecule has 0 fully saturated rings. The van der Waals surface area contributed by atoms with E-state index in [0.717, 1.165) is 38.6 Å². The van der Waals surface area contributed by atoms with Crippen molar-refractivity contribution in [3.05, 3.63) is 200 Å². The van der Waals surface area contributed by atoms with Crippen LogP contribution in [0.3, 0.4) is 0 Å². The monoisotopic (exact) mass is 723 g/mol. The first-order valence-electron chi connectivity index (χ1n) is 19.5. The minimum atomic E-state index is 0.862. The Balaban J connectivity index is 1.00. The van der Waals surface area contributed by atoms with E-state index in [1.165, 1.54) is 76.5 Å². The van der Waals surface area contributed by atoms with Crippen LogP contribution in [0.25, 0.3) is 115 Å². The Morgan fingerprint density at radius 1 is 0.316 bits per heavy atom. The molecule has 2 heterocycles. The van der Waals surface area contributed by atoms with E-state index in [2.05, 4.69) is 199 Å². The molecule has 0 spiro atoms. The van der Waals surface area contributed by atoms with Crippen LogP contribution < -0.4 is 0 Å². The second kappa shape index (κ2) is 12.5. The number of hydrogen-bond donors (Lipinski definition) is 0. The van der Waals surface area contributed by atoms with Gasteiger partial charge in [-0.25, -0.2) is 4.98 Å². The molecule has 10 aromatic carbocycles. The molecule has 0 atom stereocenters. The summed E-state index contributed by atoms with van der Waals surface area (Å²) in [7, 11) is 0. The number of fused-ring (bicyclic) bond motifs is 11. The fourth-order valence-corrected chi connectivity index (χ4v) is 9.30. The minimum Gasteiger partial charge on any atom is -0.309 e. The second-order valence-electron chi connectivity index (χ2n) is 14.9. The molecular weight excluding hydrogens is 691 g/mol. The zero-order valence-corrected chi connectivity index (χ0v) is 30.9. The van der Waals surface area contributed by atoms with Gasteiger partial charge in [-0.3, -0.25) is 4.98 Å². The molecule has 57 heavy (non-hydrogen) atoms. The van der Waals surface area contributed by atoms with Crippen molar-refractivity contribution >= 4 is 75.9 Å². The summed E-state index contributed by atoms with van der Waals surface area (Å²) in [6.45, 7) is 0. The molecule has 0 aliphatic carbocycles. The molecule has 0 saturated heterocycles. The summed E-state index contributed by atoms with van der Waals surface area (Å²) in [5, 5.41) is 12.1. The van der Waals surface area contributed by atoms with Gasteiger partial charge in [0.1, 0.15) is 0 Å². The summed E-state index contributed by atoms with van der Waals surface area (Å²) in [5.41, 5.74) is 12.1. The van der Waals surface area contributed by atoms with Gasteiger partial charge in [0.05, 0.1) is 39.6 Å². The highest BCUT2D eigenvalue weighted by Gasteiger charge is 2.18. The lowest BCUT2D eigenvalue weighted by Crippen LogP contribution is -1.96. The summed E-state index contributed by atoms with van der Waals surface area (Å²) >= 11 is 0. The van der Waals surface area contributed by atoms with Crippen LogP contribution in [0, 0.1) is 0 Å². The largest absolute Gasteiger partial charge is 0.309 e. The molecule has 0 unspecified atom stereocenters. The number of para-hydroxylation sites is 2. The highest BCUT2D eigenvalue weighted by molar-refractivity contribution is 6.23. The lowest BCUT2D eigenvalue weighted by atomic mass is 9.89. The van der Waals surface area contributed by atoms with E-state index in [1.807, 2.05) is 6.20 Å². The van der Waals surface area contributed by atoms with E-state index in [4.69, 9.17) is 9.97 Å². The van der Waals surface area contributed by atoms with E-state index in [9.17, 15) is 0 Å². The van der Waals surface area contributed by atoms with Crippen molar-refractivity contribution in [2.45, 2.75) is 0 Å². The van der Waals surface area contributed by atoms with Gasteiger partial charge in [-0.2, -0.15) is 0 Å². The van der Waals surface area contributed by atoms with E-state index in [0.29, 0.717) is 0 Å². The van der Waals surface area contributed by atoms with Gasteiger partial charge in [0, 0.05) is 32.5 Å². The van der Waals surface area contributed by atoms with Crippen LogP contribution in [0.5, 0.6) is 0 Å². The molecule has 0 aliphatic rings. The molecule has 3 nitrogen and oxygen atoms in total. The first-order valence-corrected chi connectivity index (χ1v) is 19.5. The normalized spacial score (nSPS) is 11.9. The molecule has 3 heteroatoms. The quantitative estimate of drug-likeness (QED) is 0.169. The van der Waals surface area contributed by atoms with E-state index in [-0.39, 0.29) is 0 Å². The first-order chi connectivity index (χ1) is 28.3. The molecular formula is C54H33N3. The van der Waals surface area contributed by atoms with Crippen molar-refractivity contribution in [2.75, 3.05) is 0 Å². The van der Waals surface area contributed by atoms with E-state index >= 15 is 0 Å². The Bertz CT molecular complexity index is 3510.